The van der Waals surface area contributed by atoms with Crippen LogP contribution < -0.4 is 15.1 Å². The van der Waals surface area contributed by atoms with E-state index in [2.05, 4.69) is 15.2 Å². The molecule has 1 N–H and O–H groups in total. The molecule has 36 heavy (non-hydrogen) atoms. The zero-order valence-electron chi connectivity index (χ0n) is 20.2. The summed E-state index contributed by atoms with van der Waals surface area (Å²) in [6, 6.07) is 10.2. The van der Waals surface area contributed by atoms with Crippen LogP contribution in [0.15, 0.2) is 42.6 Å². The second kappa shape index (κ2) is 10.3. The summed E-state index contributed by atoms with van der Waals surface area (Å²) < 4.78 is 40.8. The van der Waals surface area contributed by atoms with Crippen LogP contribution in [0.25, 0.3) is 0 Å². The number of nitrogens with zero attached hydrogens (tertiary/aromatic N) is 4. The van der Waals surface area contributed by atoms with E-state index in [0.29, 0.717) is 18.2 Å². The maximum Gasteiger partial charge on any atom is 0.153 e. The van der Waals surface area contributed by atoms with Crippen molar-refractivity contribution in [1.82, 2.24) is 9.97 Å². The lowest BCUT2D eigenvalue weighted by molar-refractivity contribution is 0.572. The molecule has 10 heteroatoms. The van der Waals surface area contributed by atoms with E-state index < -0.39 is 18.8 Å². The van der Waals surface area contributed by atoms with Gasteiger partial charge in [0.15, 0.2) is 11.6 Å². The Kier molecular flexibility index (Phi) is 7.18. The molecule has 1 aromatic heterocycles. The highest BCUT2D eigenvalue weighted by Gasteiger charge is 2.24. The third kappa shape index (κ3) is 5.50. The van der Waals surface area contributed by atoms with Gasteiger partial charge in [-0.2, -0.15) is 0 Å². The van der Waals surface area contributed by atoms with Gasteiger partial charge in [0.2, 0.25) is 0 Å². The van der Waals surface area contributed by atoms with Crippen molar-refractivity contribution in [2.75, 3.05) is 53.7 Å². The van der Waals surface area contributed by atoms with Crippen molar-refractivity contribution in [1.29, 1.82) is 0 Å². The van der Waals surface area contributed by atoms with Gasteiger partial charge < -0.3 is 19.7 Å². The number of hydrogen-bond acceptors (Lipinski definition) is 6. The highest BCUT2D eigenvalue weighted by Crippen LogP contribution is 2.43. The molecule has 2 aromatic carbocycles. The standard InChI is InChI=1S/C26H29ClF2N5OP/c1-36(35)14-12-33(13-15-36)19-7-5-18(6-8-19)31-24-16-30-23-4-2-3-11-34(26(23)32-24)17-20-21(28)9-10-22(29)25(20)27/h5-10,16H,2-4,11-15,17H2,1H3,(H,31,32). The quantitative estimate of drug-likeness (QED) is 0.308. The Hall–Kier alpha value is -2.70. The van der Waals surface area contributed by atoms with Gasteiger partial charge in [0.25, 0.3) is 0 Å². The zero-order valence-corrected chi connectivity index (χ0v) is 21.8. The van der Waals surface area contributed by atoms with Crippen molar-refractivity contribution in [3.8, 4) is 0 Å². The fourth-order valence-electron chi connectivity index (χ4n) is 4.70. The van der Waals surface area contributed by atoms with Gasteiger partial charge in [0, 0.05) is 55.4 Å². The number of rotatable bonds is 5. The highest BCUT2D eigenvalue weighted by molar-refractivity contribution is 7.63. The van der Waals surface area contributed by atoms with Crippen LogP contribution in [0.3, 0.4) is 0 Å². The summed E-state index contributed by atoms with van der Waals surface area (Å²) in [5.74, 6) is 0.0570. The normalized spacial score (nSPS) is 17.4. The number of halogens is 3. The third-order valence-electron chi connectivity index (χ3n) is 6.90. The second-order valence-corrected chi connectivity index (χ2v) is 13.5. The van der Waals surface area contributed by atoms with Crippen LogP contribution in [0.2, 0.25) is 5.02 Å². The van der Waals surface area contributed by atoms with Crippen LogP contribution in [0.5, 0.6) is 0 Å². The summed E-state index contributed by atoms with van der Waals surface area (Å²) in [5, 5.41) is 3.11. The lowest BCUT2D eigenvalue weighted by atomic mass is 10.2. The average molecular weight is 532 g/mol. The molecule has 0 spiro atoms. The zero-order chi connectivity index (χ0) is 25.3. The van der Waals surface area contributed by atoms with Crippen molar-refractivity contribution >= 4 is 41.8 Å². The molecule has 5 rings (SSSR count). The van der Waals surface area contributed by atoms with Crippen LogP contribution in [0, 0.1) is 11.6 Å². The van der Waals surface area contributed by atoms with E-state index in [1.807, 2.05) is 35.8 Å². The van der Waals surface area contributed by atoms with Crippen molar-refractivity contribution in [3.05, 3.63) is 70.5 Å². The fraction of sp³-hybridized carbons (Fsp3) is 0.385. The van der Waals surface area contributed by atoms with Gasteiger partial charge in [0.1, 0.15) is 11.6 Å². The van der Waals surface area contributed by atoms with Crippen molar-refractivity contribution in [3.63, 3.8) is 0 Å². The molecule has 190 valence electrons. The van der Waals surface area contributed by atoms with Crippen molar-refractivity contribution in [2.24, 2.45) is 0 Å². The minimum atomic E-state index is -1.97. The lowest BCUT2D eigenvalue weighted by Crippen LogP contribution is -2.34. The molecule has 0 amide bonds. The largest absolute Gasteiger partial charge is 0.371 e. The van der Waals surface area contributed by atoms with Crippen LogP contribution >= 0.6 is 18.7 Å². The molecule has 0 bridgehead atoms. The van der Waals surface area contributed by atoms with E-state index in [0.717, 1.165) is 73.9 Å². The molecule has 0 aliphatic carbocycles. The number of hydrogen-bond donors (Lipinski definition) is 1. The van der Waals surface area contributed by atoms with Gasteiger partial charge in [-0.05, 0) is 62.3 Å². The third-order valence-corrected chi connectivity index (χ3v) is 9.60. The average Bonchev–Trinajstić information content (AvgIpc) is 3.06. The summed E-state index contributed by atoms with van der Waals surface area (Å²) >= 11 is 6.10. The minimum Gasteiger partial charge on any atom is -0.371 e. The first kappa shape index (κ1) is 25.0. The molecule has 0 unspecified atom stereocenters. The van der Waals surface area contributed by atoms with Gasteiger partial charge in [-0.1, -0.05) is 11.6 Å². The fourth-order valence-corrected chi connectivity index (χ4v) is 6.47. The maximum absolute atomic E-state index is 14.5. The van der Waals surface area contributed by atoms with Gasteiger partial charge in [-0.3, -0.25) is 4.98 Å². The van der Waals surface area contributed by atoms with Gasteiger partial charge >= 0.3 is 0 Å². The molecule has 0 radical (unpaired) electrons. The van der Waals surface area contributed by atoms with E-state index in [4.69, 9.17) is 16.6 Å². The number of benzene rings is 2. The topological polar surface area (TPSA) is 61.4 Å². The van der Waals surface area contributed by atoms with E-state index in [-0.39, 0.29) is 17.1 Å². The summed E-state index contributed by atoms with van der Waals surface area (Å²) in [6.45, 7) is 4.27. The molecule has 6 nitrogen and oxygen atoms in total. The molecule has 2 aliphatic rings. The Bertz CT molecular complexity index is 1290. The van der Waals surface area contributed by atoms with Gasteiger partial charge in [-0.15, -0.1) is 0 Å². The number of anilines is 4. The smallest absolute Gasteiger partial charge is 0.153 e. The van der Waals surface area contributed by atoms with E-state index in [1.165, 1.54) is 0 Å². The molecule has 1 saturated heterocycles. The maximum atomic E-state index is 14.5. The monoisotopic (exact) mass is 531 g/mol. The van der Waals surface area contributed by atoms with Crippen LogP contribution in [0.1, 0.15) is 24.1 Å². The van der Waals surface area contributed by atoms with Gasteiger partial charge in [-0.25, -0.2) is 13.8 Å². The first-order valence-electron chi connectivity index (χ1n) is 12.2. The first-order chi connectivity index (χ1) is 17.3. The van der Waals surface area contributed by atoms with Crippen LogP contribution in [-0.2, 0) is 17.5 Å². The van der Waals surface area contributed by atoms with E-state index in [9.17, 15) is 13.3 Å². The van der Waals surface area contributed by atoms with E-state index >= 15 is 0 Å². The van der Waals surface area contributed by atoms with Crippen molar-refractivity contribution in [2.45, 2.75) is 25.8 Å². The predicted molar refractivity (Wildman–Crippen MR) is 143 cm³/mol. The molecule has 3 heterocycles. The molecule has 3 aromatic rings. The molecular formula is C26H29ClF2N5OP. The van der Waals surface area contributed by atoms with Crippen LogP contribution in [-0.4, -0.2) is 48.6 Å². The summed E-state index contributed by atoms with van der Waals surface area (Å²) in [5.41, 5.74) is 2.93. The molecule has 2 aliphatic heterocycles. The van der Waals surface area contributed by atoms with Crippen molar-refractivity contribution < 1.29 is 13.3 Å². The minimum absolute atomic E-state index is 0.114. The Morgan fingerprint density at radius 3 is 2.50 bits per heavy atom. The first-order valence-corrected chi connectivity index (χ1v) is 15.1. The second-order valence-electron chi connectivity index (χ2n) is 9.63. The summed E-state index contributed by atoms with van der Waals surface area (Å²) in [7, 11) is -1.97. The Morgan fingerprint density at radius 2 is 1.75 bits per heavy atom. The Balaban J connectivity index is 1.34. The number of aryl methyl sites for hydroxylation is 1. The SMILES string of the molecule is CP1(=O)CCN(c2ccc(Nc3cnc4c(n3)N(Cc3c(F)ccc(F)c3Cl)CCCC4)cc2)CC1. The van der Waals surface area contributed by atoms with Gasteiger partial charge in [0.05, 0.1) is 24.1 Å². The molecule has 0 atom stereocenters. The molecular weight excluding hydrogens is 503 g/mol. The van der Waals surface area contributed by atoms with E-state index in [1.54, 1.807) is 6.20 Å². The lowest BCUT2D eigenvalue weighted by Gasteiger charge is -2.32. The number of nitrogens with one attached hydrogen (secondary N) is 1. The molecule has 0 saturated carbocycles. The molecule has 1 fully saturated rings. The Labute approximate surface area is 215 Å². The highest BCUT2D eigenvalue weighted by atomic mass is 35.5. The summed E-state index contributed by atoms with van der Waals surface area (Å²) in [4.78, 5) is 13.6. The predicted octanol–water partition coefficient (Wildman–Crippen LogP) is 6.31. The summed E-state index contributed by atoms with van der Waals surface area (Å²) in [6.07, 6.45) is 5.80. The Morgan fingerprint density at radius 1 is 1.03 bits per heavy atom. The number of aromatic nitrogens is 2. The van der Waals surface area contributed by atoms with Crippen LogP contribution in [0.4, 0.5) is 31.8 Å². The number of fused-ring (bicyclic) bond motifs is 1.